The molecule has 3 aromatic rings. The lowest BCUT2D eigenvalue weighted by Crippen LogP contribution is -2.08. The molecule has 0 amide bonds. The van der Waals surface area contributed by atoms with E-state index in [0.717, 1.165) is 28.8 Å². The molecule has 0 saturated carbocycles. The van der Waals surface area contributed by atoms with Crippen LogP contribution in [0.1, 0.15) is 5.76 Å². The van der Waals surface area contributed by atoms with E-state index < -0.39 is 0 Å². The number of benzene rings is 1. The number of aromatic nitrogens is 2. The highest BCUT2D eigenvalue weighted by Gasteiger charge is 2.02. The van der Waals surface area contributed by atoms with Gasteiger partial charge in [0.1, 0.15) is 23.7 Å². The third-order valence-electron chi connectivity index (χ3n) is 3.35. The first-order chi connectivity index (χ1) is 11.2. The molecule has 1 aromatic carbocycles. The molecule has 0 fully saturated rings. The monoisotopic (exact) mass is 309 g/mol. The van der Waals surface area contributed by atoms with E-state index in [-0.39, 0.29) is 0 Å². The smallest absolute Gasteiger partial charge is 0.135 e. The molecule has 2 N–H and O–H groups in total. The number of hydrogen-bond acceptors (Lipinski definition) is 6. The zero-order valence-electron chi connectivity index (χ0n) is 13.2. The molecule has 6 heteroatoms. The Morgan fingerprint density at radius 3 is 2.52 bits per heavy atom. The van der Waals surface area contributed by atoms with E-state index in [1.165, 1.54) is 6.33 Å². The van der Waals surface area contributed by atoms with Crippen LogP contribution in [0, 0.1) is 0 Å². The van der Waals surface area contributed by atoms with E-state index >= 15 is 0 Å². The van der Waals surface area contributed by atoms with Crippen LogP contribution < -0.4 is 15.5 Å². The van der Waals surface area contributed by atoms with E-state index in [0.29, 0.717) is 6.54 Å². The molecule has 0 unspecified atom stereocenters. The van der Waals surface area contributed by atoms with Gasteiger partial charge in [-0.2, -0.15) is 0 Å². The summed E-state index contributed by atoms with van der Waals surface area (Å²) < 4.78 is 5.29. The molecule has 0 aliphatic carbocycles. The van der Waals surface area contributed by atoms with Crippen LogP contribution >= 0.6 is 0 Å². The van der Waals surface area contributed by atoms with Crippen molar-refractivity contribution in [1.82, 2.24) is 9.97 Å². The van der Waals surface area contributed by atoms with Crippen molar-refractivity contribution in [2.24, 2.45) is 0 Å². The van der Waals surface area contributed by atoms with Crippen molar-refractivity contribution in [3.63, 3.8) is 0 Å². The van der Waals surface area contributed by atoms with Crippen LogP contribution in [-0.2, 0) is 6.54 Å². The number of nitrogens with zero attached hydrogens (tertiary/aromatic N) is 3. The topological polar surface area (TPSA) is 66.2 Å². The standard InChI is InChI=1S/C17H19N5O/c1-22(2)14-7-5-13(6-8-14)21-17-10-16(19-12-20-17)18-11-15-4-3-9-23-15/h3-10,12H,11H2,1-2H3,(H2,18,19,20,21). The normalized spacial score (nSPS) is 10.3. The van der Waals surface area contributed by atoms with E-state index in [1.807, 2.05) is 44.4 Å². The minimum atomic E-state index is 0.584. The lowest BCUT2D eigenvalue weighted by atomic mass is 10.2. The molecule has 3 rings (SSSR count). The summed E-state index contributed by atoms with van der Waals surface area (Å²) in [7, 11) is 4.04. The second-order valence-electron chi connectivity index (χ2n) is 5.29. The summed E-state index contributed by atoms with van der Waals surface area (Å²) in [6.07, 6.45) is 3.18. The second-order valence-corrected chi connectivity index (χ2v) is 5.29. The number of rotatable bonds is 6. The van der Waals surface area contributed by atoms with Gasteiger partial charge in [-0.3, -0.25) is 0 Å². The first-order valence-electron chi connectivity index (χ1n) is 7.33. The summed E-state index contributed by atoms with van der Waals surface area (Å²) in [5, 5.41) is 6.48. The van der Waals surface area contributed by atoms with Gasteiger partial charge in [0.25, 0.3) is 0 Å². The Balaban J connectivity index is 1.64. The van der Waals surface area contributed by atoms with Gasteiger partial charge in [0, 0.05) is 31.5 Å². The lowest BCUT2D eigenvalue weighted by molar-refractivity contribution is 0.518. The van der Waals surface area contributed by atoms with E-state index in [9.17, 15) is 0 Å². The molecule has 0 radical (unpaired) electrons. The van der Waals surface area contributed by atoms with Gasteiger partial charge in [-0.25, -0.2) is 9.97 Å². The van der Waals surface area contributed by atoms with Crippen molar-refractivity contribution in [3.8, 4) is 0 Å². The van der Waals surface area contributed by atoms with Gasteiger partial charge in [-0.15, -0.1) is 0 Å². The van der Waals surface area contributed by atoms with Crippen LogP contribution in [0.15, 0.2) is 59.5 Å². The molecular weight excluding hydrogens is 290 g/mol. The molecule has 0 bridgehead atoms. The minimum Gasteiger partial charge on any atom is -0.467 e. The molecule has 0 aliphatic heterocycles. The van der Waals surface area contributed by atoms with Crippen LogP contribution in [-0.4, -0.2) is 24.1 Å². The van der Waals surface area contributed by atoms with Gasteiger partial charge in [-0.05, 0) is 36.4 Å². The maximum absolute atomic E-state index is 5.29. The van der Waals surface area contributed by atoms with Crippen LogP contribution in [0.2, 0.25) is 0 Å². The Kier molecular flexibility index (Phi) is 4.42. The van der Waals surface area contributed by atoms with Crippen LogP contribution in [0.4, 0.5) is 23.0 Å². The summed E-state index contributed by atoms with van der Waals surface area (Å²) in [6.45, 7) is 0.584. The van der Waals surface area contributed by atoms with E-state index in [4.69, 9.17) is 4.42 Å². The minimum absolute atomic E-state index is 0.584. The van der Waals surface area contributed by atoms with Crippen molar-refractivity contribution < 1.29 is 4.42 Å². The summed E-state index contributed by atoms with van der Waals surface area (Å²) in [5.74, 6) is 2.33. The Morgan fingerprint density at radius 1 is 1.04 bits per heavy atom. The molecule has 0 aliphatic rings. The first-order valence-corrected chi connectivity index (χ1v) is 7.33. The molecule has 6 nitrogen and oxygen atoms in total. The Bertz CT molecular complexity index is 738. The maximum Gasteiger partial charge on any atom is 0.135 e. The van der Waals surface area contributed by atoms with Crippen molar-refractivity contribution in [1.29, 1.82) is 0 Å². The summed E-state index contributed by atoms with van der Waals surface area (Å²) >= 11 is 0. The zero-order valence-corrected chi connectivity index (χ0v) is 13.2. The van der Waals surface area contributed by atoms with Crippen LogP contribution in [0.3, 0.4) is 0 Å². The molecule has 23 heavy (non-hydrogen) atoms. The van der Waals surface area contributed by atoms with Crippen LogP contribution in [0.5, 0.6) is 0 Å². The van der Waals surface area contributed by atoms with Gasteiger partial charge in [-0.1, -0.05) is 0 Å². The van der Waals surface area contributed by atoms with E-state index in [2.05, 4.69) is 37.6 Å². The van der Waals surface area contributed by atoms with Gasteiger partial charge in [0.15, 0.2) is 0 Å². The highest BCUT2D eigenvalue weighted by Crippen LogP contribution is 2.20. The molecule has 0 atom stereocenters. The molecule has 2 heterocycles. The van der Waals surface area contributed by atoms with Crippen molar-refractivity contribution >= 4 is 23.0 Å². The number of furan rings is 1. The van der Waals surface area contributed by atoms with Gasteiger partial charge in [0.05, 0.1) is 12.8 Å². The molecular formula is C17H19N5O. The fraction of sp³-hybridized carbons (Fsp3) is 0.176. The Labute approximate surface area is 135 Å². The average Bonchev–Trinajstić information content (AvgIpc) is 3.07. The predicted molar refractivity (Wildman–Crippen MR) is 92.1 cm³/mol. The molecule has 0 spiro atoms. The average molecular weight is 309 g/mol. The van der Waals surface area contributed by atoms with Crippen molar-refractivity contribution in [2.45, 2.75) is 6.54 Å². The highest BCUT2D eigenvalue weighted by molar-refractivity contribution is 5.62. The molecule has 0 saturated heterocycles. The third-order valence-corrected chi connectivity index (χ3v) is 3.35. The summed E-state index contributed by atoms with van der Waals surface area (Å²) in [5.41, 5.74) is 2.13. The number of hydrogen-bond donors (Lipinski definition) is 2. The molecule has 118 valence electrons. The van der Waals surface area contributed by atoms with Gasteiger partial charge >= 0.3 is 0 Å². The largest absolute Gasteiger partial charge is 0.467 e. The van der Waals surface area contributed by atoms with Gasteiger partial charge < -0.3 is 20.0 Å². The molecule has 2 aromatic heterocycles. The summed E-state index contributed by atoms with van der Waals surface area (Å²) in [4.78, 5) is 10.5. The third kappa shape index (κ3) is 4.00. The SMILES string of the molecule is CN(C)c1ccc(Nc2cc(NCc3ccco3)ncn2)cc1. The number of nitrogens with one attached hydrogen (secondary N) is 2. The van der Waals surface area contributed by atoms with Crippen molar-refractivity contribution in [2.75, 3.05) is 29.6 Å². The maximum atomic E-state index is 5.29. The fourth-order valence-electron chi connectivity index (χ4n) is 2.10. The highest BCUT2D eigenvalue weighted by atomic mass is 16.3. The lowest BCUT2D eigenvalue weighted by Gasteiger charge is -2.13. The van der Waals surface area contributed by atoms with Gasteiger partial charge in [0.2, 0.25) is 0 Å². The zero-order chi connectivity index (χ0) is 16.1. The Morgan fingerprint density at radius 2 is 1.83 bits per heavy atom. The predicted octanol–water partition coefficient (Wildman–Crippen LogP) is 3.49. The Hall–Kier alpha value is -3.02. The van der Waals surface area contributed by atoms with Crippen molar-refractivity contribution in [3.05, 3.63) is 60.8 Å². The van der Waals surface area contributed by atoms with E-state index in [1.54, 1.807) is 6.26 Å². The fourth-order valence-corrected chi connectivity index (χ4v) is 2.10. The summed E-state index contributed by atoms with van der Waals surface area (Å²) in [6, 6.07) is 13.8. The van der Waals surface area contributed by atoms with Crippen LogP contribution in [0.25, 0.3) is 0 Å². The number of anilines is 4. The quantitative estimate of drug-likeness (QED) is 0.726. The second kappa shape index (κ2) is 6.83. The first kappa shape index (κ1) is 14.9.